The fraction of sp³-hybridized carbons (Fsp3) is 0.455. The normalized spacial score (nSPS) is 14.2. The number of carbonyl (C=O) groups is 2. The van der Waals surface area contributed by atoms with Crippen LogP contribution in [0.15, 0.2) is 24.3 Å². The Hall–Kier alpha value is -2.42. The van der Waals surface area contributed by atoms with E-state index >= 15 is 0 Å². The topological polar surface area (TPSA) is 85.1 Å². The van der Waals surface area contributed by atoms with Crippen molar-refractivity contribution in [2.45, 2.75) is 12.8 Å². The van der Waals surface area contributed by atoms with E-state index in [-0.39, 0.29) is 5.91 Å². The number of ether oxygens (including phenoxy) is 2. The number of amides is 2. The summed E-state index contributed by atoms with van der Waals surface area (Å²) in [4.78, 5) is 30.4. The third-order valence-electron chi connectivity index (χ3n) is 5.10. The minimum absolute atomic E-state index is 0.0742. The van der Waals surface area contributed by atoms with Gasteiger partial charge in [0.15, 0.2) is 0 Å². The van der Waals surface area contributed by atoms with Crippen LogP contribution in [0.5, 0.6) is 5.75 Å². The molecule has 0 unspecified atom stereocenters. The lowest BCUT2D eigenvalue weighted by Gasteiger charge is -2.27. The van der Waals surface area contributed by atoms with Crippen LogP contribution in [0.2, 0.25) is 0 Å². The van der Waals surface area contributed by atoms with Gasteiger partial charge in [-0.05, 0) is 68.9 Å². The van der Waals surface area contributed by atoms with Crippen LogP contribution < -0.4 is 10.5 Å². The average molecular weight is 432 g/mol. The lowest BCUT2D eigenvalue weighted by molar-refractivity contribution is 0.0301. The maximum Gasteiger partial charge on any atom is 0.259 e. The van der Waals surface area contributed by atoms with Crippen molar-refractivity contribution in [2.24, 2.45) is 5.73 Å². The third kappa shape index (κ3) is 5.19. The number of hydrogen-bond donors (Lipinski definition) is 1. The lowest BCUT2D eigenvalue weighted by atomic mass is 10.0. The molecule has 1 aromatic carbocycles. The highest BCUT2D eigenvalue weighted by Gasteiger charge is 2.23. The Morgan fingerprint density at radius 3 is 2.60 bits per heavy atom. The van der Waals surface area contributed by atoms with Gasteiger partial charge >= 0.3 is 0 Å². The molecule has 1 aromatic heterocycles. The van der Waals surface area contributed by atoms with E-state index in [0.29, 0.717) is 42.5 Å². The number of carbonyl (C=O) groups excluding carboxylic acids is 2. The Bertz CT molecular complexity index is 904. The summed E-state index contributed by atoms with van der Waals surface area (Å²) in [6.45, 7) is 3.14. The van der Waals surface area contributed by atoms with Crippen molar-refractivity contribution in [1.82, 2.24) is 9.80 Å². The number of nitrogens with zero attached hydrogens (tertiary/aromatic N) is 2. The highest BCUT2D eigenvalue weighted by atomic mass is 32.1. The first-order chi connectivity index (χ1) is 14.4. The van der Waals surface area contributed by atoms with Crippen LogP contribution in [-0.2, 0) is 11.2 Å². The number of morpholine rings is 1. The summed E-state index contributed by atoms with van der Waals surface area (Å²) in [6.07, 6.45) is 1.72. The number of thiophene rings is 1. The van der Waals surface area contributed by atoms with Crippen LogP contribution in [0.25, 0.3) is 10.4 Å². The van der Waals surface area contributed by atoms with Crippen molar-refractivity contribution in [2.75, 3.05) is 54.1 Å². The van der Waals surface area contributed by atoms with Crippen molar-refractivity contribution in [3.05, 3.63) is 40.3 Å². The van der Waals surface area contributed by atoms with Crippen LogP contribution in [0, 0.1) is 0 Å². The second-order valence-electron chi connectivity index (χ2n) is 7.56. The van der Waals surface area contributed by atoms with E-state index < -0.39 is 5.91 Å². The van der Waals surface area contributed by atoms with Gasteiger partial charge in [0.25, 0.3) is 11.8 Å². The van der Waals surface area contributed by atoms with Crippen molar-refractivity contribution in [3.8, 4) is 16.2 Å². The molecule has 8 heteroatoms. The molecule has 1 fully saturated rings. The summed E-state index contributed by atoms with van der Waals surface area (Å²) in [5.41, 5.74) is 7.97. The zero-order valence-corrected chi connectivity index (χ0v) is 18.6. The molecular weight excluding hydrogens is 402 g/mol. The van der Waals surface area contributed by atoms with Gasteiger partial charge in [0.1, 0.15) is 5.75 Å². The molecule has 0 atom stereocenters. The molecule has 0 bridgehead atoms. The van der Waals surface area contributed by atoms with Crippen LogP contribution in [0.3, 0.4) is 0 Å². The zero-order chi connectivity index (χ0) is 21.7. The van der Waals surface area contributed by atoms with Crippen molar-refractivity contribution in [3.63, 3.8) is 0 Å². The molecule has 2 heterocycles. The number of hydrogen-bond acceptors (Lipinski definition) is 6. The van der Waals surface area contributed by atoms with Crippen LogP contribution in [-0.4, -0.2) is 75.7 Å². The van der Waals surface area contributed by atoms with Gasteiger partial charge < -0.3 is 25.0 Å². The Morgan fingerprint density at radius 1 is 1.23 bits per heavy atom. The molecule has 30 heavy (non-hydrogen) atoms. The summed E-state index contributed by atoms with van der Waals surface area (Å²) in [5, 5.41) is 0. The number of primary amides is 1. The standard InChI is InChI=1S/C22H29N3O4S/c1-24(2)8-4-5-16-14-19(30-20(16)21(23)26)15-6-7-18(28-3)17(13-15)22(27)25-9-11-29-12-10-25/h6-7,13-14H,4-5,8-12H2,1-3H3,(H2,23,26). The third-order valence-corrected chi connectivity index (χ3v) is 6.34. The molecule has 2 aromatic rings. The lowest BCUT2D eigenvalue weighted by Crippen LogP contribution is -2.40. The Kier molecular flexibility index (Phi) is 7.47. The second-order valence-corrected chi connectivity index (χ2v) is 8.61. The van der Waals surface area contributed by atoms with Gasteiger partial charge in [-0.1, -0.05) is 0 Å². The Balaban J connectivity index is 1.91. The Labute approximate surface area is 181 Å². The molecule has 3 rings (SSSR count). The summed E-state index contributed by atoms with van der Waals surface area (Å²) >= 11 is 1.38. The molecule has 2 N–H and O–H groups in total. The molecular formula is C22H29N3O4S. The van der Waals surface area contributed by atoms with Crippen molar-refractivity contribution in [1.29, 1.82) is 0 Å². The first-order valence-electron chi connectivity index (χ1n) is 10.0. The van der Waals surface area contributed by atoms with E-state index in [1.165, 1.54) is 11.3 Å². The van der Waals surface area contributed by atoms with Crippen molar-refractivity contribution < 1.29 is 19.1 Å². The minimum Gasteiger partial charge on any atom is -0.496 e. The highest BCUT2D eigenvalue weighted by molar-refractivity contribution is 7.17. The van der Waals surface area contributed by atoms with E-state index in [0.717, 1.165) is 35.4 Å². The van der Waals surface area contributed by atoms with Gasteiger partial charge in [-0.25, -0.2) is 0 Å². The van der Waals surface area contributed by atoms with E-state index in [1.807, 2.05) is 32.3 Å². The fourth-order valence-electron chi connectivity index (χ4n) is 3.52. The molecule has 1 aliphatic rings. The van der Waals surface area contributed by atoms with E-state index in [1.54, 1.807) is 18.1 Å². The van der Waals surface area contributed by atoms with Gasteiger partial charge in [-0.2, -0.15) is 0 Å². The minimum atomic E-state index is -0.413. The maximum atomic E-state index is 13.1. The summed E-state index contributed by atoms with van der Waals surface area (Å²) in [5.74, 6) is 0.0484. The molecule has 0 saturated carbocycles. The molecule has 0 spiro atoms. The van der Waals surface area contributed by atoms with E-state index in [2.05, 4.69) is 4.90 Å². The summed E-state index contributed by atoms with van der Waals surface area (Å²) in [7, 11) is 5.61. The molecule has 2 amide bonds. The first kappa shape index (κ1) is 22.3. The highest BCUT2D eigenvalue weighted by Crippen LogP contribution is 2.35. The zero-order valence-electron chi connectivity index (χ0n) is 17.8. The number of methoxy groups -OCH3 is 1. The van der Waals surface area contributed by atoms with Gasteiger partial charge in [-0.3, -0.25) is 9.59 Å². The smallest absolute Gasteiger partial charge is 0.259 e. The van der Waals surface area contributed by atoms with Crippen molar-refractivity contribution >= 4 is 23.2 Å². The van der Waals surface area contributed by atoms with Crippen LogP contribution in [0.1, 0.15) is 32.0 Å². The molecule has 162 valence electrons. The molecule has 1 aliphatic heterocycles. The average Bonchev–Trinajstić information content (AvgIpc) is 3.17. The molecule has 7 nitrogen and oxygen atoms in total. The monoisotopic (exact) mass is 431 g/mol. The summed E-state index contributed by atoms with van der Waals surface area (Å²) in [6, 6.07) is 7.58. The van der Waals surface area contributed by atoms with Gasteiger partial charge in [-0.15, -0.1) is 11.3 Å². The number of nitrogens with two attached hydrogens (primary N) is 1. The predicted molar refractivity (Wildman–Crippen MR) is 118 cm³/mol. The van der Waals surface area contributed by atoms with Gasteiger partial charge in [0.05, 0.1) is 30.8 Å². The predicted octanol–water partition coefficient (Wildman–Crippen LogP) is 2.49. The SMILES string of the molecule is COc1ccc(-c2cc(CCCN(C)C)c(C(N)=O)s2)cc1C(=O)N1CCOCC1. The van der Waals surface area contributed by atoms with E-state index in [9.17, 15) is 9.59 Å². The van der Waals surface area contributed by atoms with Gasteiger partial charge in [0, 0.05) is 18.0 Å². The largest absolute Gasteiger partial charge is 0.496 e. The van der Waals surface area contributed by atoms with E-state index in [4.69, 9.17) is 15.2 Å². The van der Waals surface area contributed by atoms with Gasteiger partial charge in [0.2, 0.25) is 0 Å². The summed E-state index contributed by atoms with van der Waals surface area (Å²) < 4.78 is 10.8. The first-order valence-corrected chi connectivity index (χ1v) is 10.8. The Morgan fingerprint density at radius 2 is 1.97 bits per heavy atom. The number of benzene rings is 1. The van der Waals surface area contributed by atoms with Crippen LogP contribution in [0.4, 0.5) is 0 Å². The van der Waals surface area contributed by atoms with Crippen LogP contribution >= 0.6 is 11.3 Å². The fourth-order valence-corrected chi connectivity index (χ4v) is 4.57. The second kappa shape index (κ2) is 10.1. The molecule has 1 saturated heterocycles. The quantitative estimate of drug-likeness (QED) is 0.694. The number of rotatable bonds is 8. The molecule has 0 radical (unpaired) electrons. The molecule has 0 aliphatic carbocycles. The maximum absolute atomic E-state index is 13.1. The number of aryl methyl sites for hydroxylation is 1.